The fourth-order valence-electron chi connectivity index (χ4n) is 2.92. The number of nitrogens with one attached hydrogen (secondary N) is 1. The molecule has 1 N–H and O–H groups in total. The van der Waals surface area contributed by atoms with Crippen molar-refractivity contribution in [2.24, 2.45) is 0 Å². The molecule has 1 amide bonds. The number of nitrogens with zero attached hydrogens (tertiary/aromatic N) is 4. The third-order valence-corrected chi connectivity index (χ3v) is 4.20. The minimum atomic E-state index is -0.307. The van der Waals surface area contributed by atoms with Crippen LogP contribution < -0.4 is 10.1 Å². The van der Waals surface area contributed by atoms with E-state index in [4.69, 9.17) is 4.74 Å². The molecule has 0 aliphatic rings. The van der Waals surface area contributed by atoms with Crippen molar-refractivity contribution >= 4 is 17.2 Å². The summed E-state index contributed by atoms with van der Waals surface area (Å²) < 4.78 is 7.27. The lowest BCUT2D eigenvalue weighted by Gasteiger charge is -2.11. The zero-order valence-electron chi connectivity index (χ0n) is 15.6. The molecule has 0 unspecified atom stereocenters. The minimum absolute atomic E-state index is 0.307. The second-order valence-electron chi connectivity index (χ2n) is 6.18. The number of rotatable bonds is 5. The Labute approximate surface area is 162 Å². The molecule has 0 bridgehead atoms. The number of aryl methyl sites for hydroxylation is 1. The van der Waals surface area contributed by atoms with Gasteiger partial charge in [0.25, 0.3) is 5.91 Å². The highest BCUT2D eigenvalue weighted by Crippen LogP contribution is 2.24. The molecule has 4 aromatic rings. The Bertz CT molecular complexity index is 1140. The third kappa shape index (κ3) is 3.42. The highest BCUT2D eigenvalue weighted by atomic mass is 16.5. The molecule has 1 aromatic carbocycles. The molecule has 3 heterocycles. The lowest BCUT2D eigenvalue weighted by molar-refractivity contribution is 0.102. The van der Waals surface area contributed by atoms with Crippen LogP contribution >= 0.6 is 0 Å². The Morgan fingerprint density at radius 1 is 1.11 bits per heavy atom. The molecule has 7 heteroatoms. The molecule has 4 rings (SSSR count). The first-order chi connectivity index (χ1) is 13.7. The van der Waals surface area contributed by atoms with Crippen molar-refractivity contribution in [1.82, 2.24) is 19.6 Å². The van der Waals surface area contributed by atoms with Gasteiger partial charge in [-0.3, -0.25) is 9.78 Å². The average Bonchev–Trinajstić information content (AvgIpc) is 3.15. The van der Waals surface area contributed by atoms with Crippen molar-refractivity contribution in [2.75, 3.05) is 11.9 Å². The predicted molar refractivity (Wildman–Crippen MR) is 107 cm³/mol. The van der Waals surface area contributed by atoms with E-state index in [1.54, 1.807) is 22.8 Å². The number of hydrogen-bond acceptors (Lipinski definition) is 5. The molecule has 0 saturated carbocycles. The van der Waals surface area contributed by atoms with Crippen LogP contribution in [0.2, 0.25) is 0 Å². The maximum Gasteiger partial charge on any atom is 0.274 e. The number of amides is 1. The number of fused-ring (bicyclic) bond motifs is 1. The van der Waals surface area contributed by atoms with Crippen LogP contribution in [0.25, 0.3) is 17.0 Å². The van der Waals surface area contributed by atoms with Gasteiger partial charge in [0.15, 0.2) is 5.65 Å². The van der Waals surface area contributed by atoms with Gasteiger partial charge >= 0.3 is 0 Å². The first-order valence-electron chi connectivity index (χ1n) is 8.97. The molecule has 0 aliphatic carbocycles. The summed E-state index contributed by atoms with van der Waals surface area (Å²) in [5.41, 5.74) is 3.76. The Kier molecular flexibility index (Phi) is 4.72. The van der Waals surface area contributed by atoms with E-state index >= 15 is 0 Å². The molecular formula is C21H19N5O2. The van der Waals surface area contributed by atoms with Gasteiger partial charge in [-0.25, -0.2) is 9.50 Å². The number of benzene rings is 1. The van der Waals surface area contributed by atoms with Crippen LogP contribution in [-0.4, -0.2) is 32.1 Å². The Morgan fingerprint density at radius 2 is 1.93 bits per heavy atom. The second kappa shape index (κ2) is 7.48. The van der Waals surface area contributed by atoms with Crippen LogP contribution in [0.3, 0.4) is 0 Å². The van der Waals surface area contributed by atoms with E-state index in [1.807, 2.05) is 56.3 Å². The van der Waals surface area contributed by atoms with Crippen molar-refractivity contribution < 1.29 is 9.53 Å². The van der Waals surface area contributed by atoms with Gasteiger partial charge in [-0.1, -0.05) is 18.2 Å². The van der Waals surface area contributed by atoms with E-state index in [9.17, 15) is 4.79 Å². The standard InChI is InChI=1S/C21H19N5O2/c1-3-28-19-10-5-4-9-16(19)24-21(27)18-12-14(2)26-20(23-18)13-17(25-26)15-8-6-7-11-22-15/h4-13H,3H2,1-2H3,(H,24,27). The van der Waals surface area contributed by atoms with E-state index in [1.165, 1.54) is 0 Å². The minimum Gasteiger partial charge on any atom is -0.492 e. The van der Waals surface area contributed by atoms with Gasteiger partial charge in [0, 0.05) is 18.0 Å². The number of pyridine rings is 1. The van der Waals surface area contributed by atoms with Crippen molar-refractivity contribution in [3.05, 3.63) is 72.2 Å². The Hall–Kier alpha value is -3.74. The van der Waals surface area contributed by atoms with E-state index in [-0.39, 0.29) is 5.91 Å². The zero-order valence-corrected chi connectivity index (χ0v) is 15.6. The highest BCUT2D eigenvalue weighted by molar-refractivity contribution is 6.04. The summed E-state index contributed by atoms with van der Waals surface area (Å²) in [5.74, 6) is 0.316. The smallest absolute Gasteiger partial charge is 0.274 e. The third-order valence-electron chi connectivity index (χ3n) is 4.20. The summed E-state index contributed by atoms with van der Waals surface area (Å²) in [7, 11) is 0. The van der Waals surface area contributed by atoms with Crippen molar-refractivity contribution in [3.63, 3.8) is 0 Å². The van der Waals surface area contributed by atoms with Gasteiger partial charge in [-0.05, 0) is 44.2 Å². The van der Waals surface area contributed by atoms with Gasteiger partial charge in [-0.15, -0.1) is 0 Å². The largest absolute Gasteiger partial charge is 0.492 e. The molecule has 140 valence electrons. The maximum absolute atomic E-state index is 12.8. The molecule has 0 radical (unpaired) electrons. The van der Waals surface area contributed by atoms with Crippen LogP contribution in [0, 0.1) is 6.92 Å². The van der Waals surface area contributed by atoms with Crippen LogP contribution in [0.5, 0.6) is 5.75 Å². The van der Waals surface area contributed by atoms with E-state index < -0.39 is 0 Å². The lowest BCUT2D eigenvalue weighted by Crippen LogP contribution is -2.16. The monoisotopic (exact) mass is 373 g/mol. The van der Waals surface area contributed by atoms with Gasteiger partial charge in [0.05, 0.1) is 18.0 Å². The van der Waals surface area contributed by atoms with Crippen LogP contribution in [0.4, 0.5) is 5.69 Å². The van der Waals surface area contributed by atoms with Crippen LogP contribution in [-0.2, 0) is 0 Å². The number of carbonyl (C=O) groups excluding carboxylic acids is 1. The van der Waals surface area contributed by atoms with Crippen LogP contribution in [0.1, 0.15) is 23.1 Å². The van der Waals surface area contributed by atoms with E-state index in [0.29, 0.717) is 35.1 Å². The average molecular weight is 373 g/mol. The molecule has 0 spiro atoms. The number of para-hydroxylation sites is 2. The molecular weight excluding hydrogens is 354 g/mol. The number of carbonyl (C=O) groups is 1. The number of anilines is 1. The van der Waals surface area contributed by atoms with Gasteiger partial charge in [0.1, 0.15) is 17.1 Å². The number of hydrogen-bond donors (Lipinski definition) is 1. The summed E-state index contributed by atoms with van der Waals surface area (Å²) in [4.78, 5) is 21.6. The molecule has 3 aromatic heterocycles. The fourth-order valence-corrected chi connectivity index (χ4v) is 2.92. The molecule has 0 aliphatic heterocycles. The fraction of sp³-hybridized carbons (Fsp3) is 0.143. The summed E-state index contributed by atoms with van der Waals surface area (Å²) in [6, 6.07) is 16.5. The van der Waals surface area contributed by atoms with Crippen molar-refractivity contribution in [2.45, 2.75) is 13.8 Å². The summed E-state index contributed by atoms with van der Waals surface area (Å²) in [6.45, 7) is 4.30. The number of aromatic nitrogens is 4. The predicted octanol–water partition coefficient (Wildman–Crippen LogP) is 3.75. The first kappa shape index (κ1) is 17.7. The van der Waals surface area contributed by atoms with E-state index in [2.05, 4.69) is 20.4 Å². The van der Waals surface area contributed by atoms with E-state index in [0.717, 1.165) is 11.4 Å². The summed E-state index contributed by atoms with van der Waals surface area (Å²) in [5, 5.41) is 7.42. The molecule has 28 heavy (non-hydrogen) atoms. The lowest BCUT2D eigenvalue weighted by atomic mass is 10.2. The highest BCUT2D eigenvalue weighted by Gasteiger charge is 2.15. The van der Waals surface area contributed by atoms with Gasteiger partial charge < -0.3 is 10.1 Å². The first-order valence-corrected chi connectivity index (χ1v) is 8.97. The van der Waals surface area contributed by atoms with Crippen molar-refractivity contribution in [1.29, 1.82) is 0 Å². The van der Waals surface area contributed by atoms with Crippen molar-refractivity contribution in [3.8, 4) is 17.1 Å². The zero-order chi connectivity index (χ0) is 19.5. The van der Waals surface area contributed by atoms with Gasteiger partial charge in [-0.2, -0.15) is 5.10 Å². The number of ether oxygens (including phenoxy) is 1. The normalized spacial score (nSPS) is 10.8. The second-order valence-corrected chi connectivity index (χ2v) is 6.18. The summed E-state index contributed by atoms with van der Waals surface area (Å²) >= 11 is 0. The van der Waals surface area contributed by atoms with Gasteiger partial charge in [0.2, 0.25) is 0 Å². The Balaban J connectivity index is 1.67. The SMILES string of the molecule is CCOc1ccccc1NC(=O)c1cc(C)n2nc(-c3ccccn3)cc2n1. The van der Waals surface area contributed by atoms with Crippen LogP contribution in [0.15, 0.2) is 60.8 Å². The molecule has 7 nitrogen and oxygen atoms in total. The molecule has 0 atom stereocenters. The molecule has 0 fully saturated rings. The summed E-state index contributed by atoms with van der Waals surface area (Å²) in [6.07, 6.45) is 1.72. The Morgan fingerprint density at radius 3 is 2.71 bits per heavy atom. The topological polar surface area (TPSA) is 81.4 Å². The quantitative estimate of drug-likeness (QED) is 0.576. The maximum atomic E-state index is 12.8. The molecule has 0 saturated heterocycles.